The number of carbonyl (C=O) groups excluding carboxylic acids is 2. The number of nitro groups is 1. The second-order valence-corrected chi connectivity index (χ2v) is 7.27. The predicted octanol–water partition coefficient (Wildman–Crippen LogP) is 3.12. The summed E-state index contributed by atoms with van der Waals surface area (Å²) in [6.07, 6.45) is 2.64. The fraction of sp³-hybridized carbons (Fsp3) is 0.0556. The number of hydrazine groups is 1. The first kappa shape index (κ1) is 23.3. The Morgan fingerprint density at radius 2 is 1.90 bits per heavy atom. The molecule has 0 radical (unpaired) electrons. The number of hydrogen-bond donors (Lipinski definition) is 3. The average Bonchev–Trinajstić information content (AvgIpc) is 2.70. The van der Waals surface area contributed by atoms with E-state index in [0.717, 1.165) is 4.47 Å². The van der Waals surface area contributed by atoms with Crippen LogP contribution in [0.15, 0.2) is 53.0 Å². The maximum Gasteiger partial charge on any atom is 0.276 e. The first-order valence-corrected chi connectivity index (χ1v) is 9.72. The molecule has 0 aromatic heterocycles. The monoisotopic (exact) mass is 512 g/mol. The van der Waals surface area contributed by atoms with E-state index >= 15 is 0 Å². The Morgan fingerprint density at radius 1 is 1.20 bits per heavy atom. The zero-order valence-corrected chi connectivity index (χ0v) is 18.2. The second kappa shape index (κ2) is 11.2. The number of nitrogens with zero attached hydrogens (tertiary/aromatic N) is 1. The lowest BCUT2D eigenvalue weighted by atomic mass is 10.2. The molecule has 0 aliphatic carbocycles. The highest BCUT2D eigenvalue weighted by Crippen LogP contribution is 2.27. The van der Waals surface area contributed by atoms with Gasteiger partial charge in [0, 0.05) is 22.7 Å². The van der Waals surface area contributed by atoms with Crippen molar-refractivity contribution in [2.75, 3.05) is 6.61 Å². The van der Waals surface area contributed by atoms with Crippen LogP contribution >= 0.6 is 39.7 Å². The van der Waals surface area contributed by atoms with E-state index in [4.69, 9.17) is 28.6 Å². The molecule has 2 aromatic rings. The number of non-ortho nitro benzene ring substituents is 1. The fourth-order valence-corrected chi connectivity index (χ4v) is 2.84. The molecule has 0 unspecified atom stereocenters. The number of amides is 2. The van der Waals surface area contributed by atoms with Gasteiger partial charge in [0.15, 0.2) is 11.7 Å². The van der Waals surface area contributed by atoms with Crippen LogP contribution in [0.25, 0.3) is 6.08 Å². The van der Waals surface area contributed by atoms with E-state index < -0.39 is 16.7 Å². The van der Waals surface area contributed by atoms with Crippen LogP contribution in [-0.4, -0.2) is 28.5 Å². The van der Waals surface area contributed by atoms with Crippen LogP contribution in [-0.2, 0) is 9.59 Å². The van der Waals surface area contributed by atoms with E-state index in [2.05, 4.69) is 32.1 Å². The molecule has 0 saturated carbocycles. The van der Waals surface area contributed by atoms with Crippen LogP contribution in [0.5, 0.6) is 5.75 Å². The number of halogens is 2. The molecule has 0 aliphatic heterocycles. The Kier molecular flexibility index (Phi) is 8.71. The van der Waals surface area contributed by atoms with Crippen molar-refractivity contribution in [3.8, 4) is 5.75 Å². The van der Waals surface area contributed by atoms with Crippen molar-refractivity contribution in [1.29, 1.82) is 0 Å². The first-order chi connectivity index (χ1) is 14.2. The molecule has 156 valence electrons. The summed E-state index contributed by atoms with van der Waals surface area (Å²) in [5.74, 6) is -0.771. The molecule has 9 nitrogen and oxygen atoms in total. The van der Waals surface area contributed by atoms with E-state index in [1.165, 1.54) is 36.4 Å². The van der Waals surface area contributed by atoms with Gasteiger partial charge in [-0.15, -0.1) is 0 Å². The van der Waals surface area contributed by atoms with Crippen molar-refractivity contribution >= 4 is 68.4 Å². The molecular formula is C18H14BrClN4O5S. The van der Waals surface area contributed by atoms with Gasteiger partial charge >= 0.3 is 0 Å². The van der Waals surface area contributed by atoms with Gasteiger partial charge in [0.1, 0.15) is 5.75 Å². The third-order valence-corrected chi connectivity index (χ3v) is 4.33. The van der Waals surface area contributed by atoms with Crippen molar-refractivity contribution in [3.63, 3.8) is 0 Å². The topological polar surface area (TPSA) is 123 Å². The number of nitrogens with one attached hydrogen (secondary N) is 3. The highest BCUT2D eigenvalue weighted by Gasteiger charge is 2.08. The van der Waals surface area contributed by atoms with Crippen molar-refractivity contribution in [2.45, 2.75) is 0 Å². The average molecular weight is 514 g/mol. The fourth-order valence-electron chi connectivity index (χ4n) is 1.96. The molecule has 0 atom stereocenters. The molecule has 2 amide bonds. The zero-order chi connectivity index (χ0) is 22.1. The number of thiocarbonyl (C=S) groups is 1. The number of nitro benzene ring substituents is 1. The van der Waals surface area contributed by atoms with Gasteiger partial charge in [-0.05, 0) is 54.2 Å². The summed E-state index contributed by atoms with van der Waals surface area (Å²) in [6, 6.07) is 10.6. The number of hydrogen-bond acceptors (Lipinski definition) is 6. The summed E-state index contributed by atoms with van der Waals surface area (Å²) >= 11 is 14.2. The van der Waals surface area contributed by atoms with Gasteiger partial charge in [0.05, 0.1) is 9.95 Å². The quantitative estimate of drug-likeness (QED) is 0.235. The number of carbonyl (C=O) groups is 2. The summed E-state index contributed by atoms with van der Waals surface area (Å²) in [6.45, 7) is -0.328. The van der Waals surface area contributed by atoms with Crippen LogP contribution in [0, 0.1) is 10.1 Å². The molecular weight excluding hydrogens is 500 g/mol. The predicted molar refractivity (Wildman–Crippen MR) is 119 cm³/mol. The van der Waals surface area contributed by atoms with Crippen LogP contribution in [0.2, 0.25) is 5.02 Å². The second-order valence-electron chi connectivity index (χ2n) is 5.54. The normalized spacial score (nSPS) is 10.3. The zero-order valence-electron chi connectivity index (χ0n) is 15.1. The standard InChI is InChI=1S/C18H14BrClN4O5S/c19-12-4-7-15(14(20)9-12)29-10-17(26)22-23-18(30)21-16(25)8-3-11-1-5-13(6-2-11)24(27)28/h1-9H,10H2,(H,22,26)(H2,21,23,25,30)/b8-3+. The highest BCUT2D eigenvalue weighted by molar-refractivity contribution is 9.10. The van der Waals surface area contributed by atoms with Crippen LogP contribution in [0.4, 0.5) is 5.69 Å². The SMILES string of the molecule is O=C(/C=C/c1ccc([N+](=O)[O-])cc1)NC(=S)NNC(=O)COc1ccc(Br)cc1Cl. The molecule has 2 rings (SSSR count). The minimum absolute atomic E-state index is 0.0518. The molecule has 0 saturated heterocycles. The molecule has 2 aromatic carbocycles. The molecule has 0 aliphatic rings. The van der Waals surface area contributed by atoms with E-state index in [0.29, 0.717) is 16.3 Å². The van der Waals surface area contributed by atoms with Crippen LogP contribution in [0.1, 0.15) is 5.56 Å². The molecule has 0 heterocycles. The number of benzene rings is 2. The van der Waals surface area contributed by atoms with Gasteiger partial charge in [-0.2, -0.15) is 0 Å². The van der Waals surface area contributed by atoms with Gasteiger partial charge in [0.25, 0.3) is 11.6 Å². The Bertz CT molecular complexity index is 1000. The van der Waals surface area contributed by atoms with Gasteiger partial charge in [0.2, 0.25) is 5.91 Å². The molecule has 0 bridgehead atoms. The van der Waals surface area contributed by atoms with Crippen molar-refractivity contribution in [2.24, 2.45) is 0 Å². The van der Waals surface area contributed by atoms with Crippen LogP contribution in [0.3, 0.4) is 0 Å². The Morgan fingerprint density at radius 3 is 2.53 bits per heavy atom. The van der Waals surface area contributed by atoms with E-state index in [9.17, 15) is 19.7 Å². The lowest BCUT2D eigenvalue weighted by molar-refractivity contribution is -0.384. The molecule has 12 heteroatoms. The summed E-state index contributed by atoms with van der Waals surface area (Å²) in [5.41, 5.74) is 5.17. The minimum Gasteiger partial charge on any atom is -0.482 e. The smallest absolute Gasteiger partial charge is 0.276 e. The largest absolute Gasteiger partial charge is 0.482 e. The van der Waals surface area contributed by atoms with E-state index in [-0.39, 0.29) is 17.4 Å². The minimum atomic E-state index is -0.557. The Hall–Kier alpha value is -3.02. The van der Waals surface area contributed by atoms with Gasteiger partial charge in [-0.3, -0.25) is 35.9 Å². The summed E-state index contributed by atoms with van der Waals surface area (Å²) < 4.78 is 6.06. The van der Waals surface area contributed by atoms with Crippen molar-refractivity contribution in [1.82, 2.24) is 16.2 Å². The third kappa shape index (κ3) is 7.78. The summed E-state index contributed by atoms with van der Waals surface area (Å²) in [7, 11) is 0. The van der Waals surface area contributed by atoms with Gasteiger partial charge in [-0.1, -0.05) is 27.5 Å². The molecule has 0 fully saturated rings. The number of rotatable bonds is 6. The molecule has 30 heavy (non-hydrogen) atoms. The molecule has 3 N–H and O–H groups in total. The van der Waals surface area contributed by atoms with E-state index in [1.54, 1.807) is 18.2 Å². The lowest BCUT2D eigenvalue weighted by Gasteiger charge is -2.11. The Balaban J connectivity index is 1.73. The van der Waals surface area contributed by atoms with Gasteiger partial charge < -0.3 is 4.74 Å². The molecule has 0 spiro atoms. The maximum atomic E-state index is 11.8. The van der Waals surface area contributed by atoms with Crippen molar-refractivity contribution < 1.29 is 19.2 Å². The first-order valence-electron chi connectivity index (χ1n) is 8.15. The van der Waals surface area contributed by atoms with E-state index in [1.807, 2.05) is 0 Å². The summed E-state index contributed by atoms with van der Waals surface area (Å²) in [4.78, 5) is 33.7. The summed E-state index contributed by atoms with van der Waals surface area (Å²) in [5, 5.41) is 13.1. The third-order valence-electron chi connectivity index (χ3n) is 3.34. The maximum absolute atomic E-state index is 11.8. The number of ether oxygens (including phenoxy) is 1. The lowest BCUT2D eigenvalue weighted by Crippen LogP contribution is -2.49. The van der Waals surface area contributed by atoms with Crippen LogP contribution < -0.4 is 20.9 Å². The highest BCUT2D eigenvalue weighted by atomic mass is 79.9. The van der Waals surface area contributed by atoms with Gasteiger partial charge in [-0.25, -0.2) is 0 Å². The van der Waals surface area contributed by atoms with Crippen molar-refractivity contribution in [3.05, 3.63) is 73.7 Å². The Labute approximate surface area is 189 Å².